The number of fused-ring (bicyclic) bond motifs is 1. The van der Waals surface area contributed by atoms with Crippen LogP contribution in [0.3, 0.4) is 0 Å². The third kappa shape index (κ3) is 5.61. The van der Waals surface area contributed by atoms with E-state index in [1.165, 1.54) is 5.56 Å². The van der Waals surface area contributed by atoms with Crippen LogP contribution in [0, 0.1) is 13.8 Å². The predicted molar refractivity (Wildman–Crippen MR) is 132 cm³/mol. The molecular weight excluding hydrogens is 450 g/mol. The lowest BCUT2D eigenvalue weighted by atomic mass is 10.1. The normalized spacial score (nSPS) is 16.2. The number of nitrogens with zero attached hydrogens (tertiary/aromatic N) is 5. The molecule has 2 aromatic carbocycles. The molecule has 1 N–H and O–H groups in total. The number of aromatic nitrogens is 3. The number of thiazole rings is 1. The summed E-state index contributed by atoms with van der Waals surface area (Å²) in [5.74, 6) is 2.00. The molecule has 1 atom stereocenters. The largest absolute Gasteiger partial charge is 0.491 e. The number of piperazine rings is 1. The quantitative estimate of drug-likeness (QED) is 0.411. The summed E-state index contributed by atoms with van der Waals surface area (Å²) in [6, 6.07) is 14.0. The van der Waals surface area contributed by atoms with Gasteiger partial charge in [0.25, 0.3) is 5.89 Å². The van der Waals surface area contributed by atoms with Gasteiger partial charge in [-0.15, -0.1) is 11.3 Å². The van der Waals surface area contributed by atoms with Crippen molar-refractivity contribution in [1.29, 1.82) is 0 Å². The molecule has 178 valence electrons. The fourth-order valence-electron chi connectivity index (χ4n) is 4.12. The van der Waals surface area contributed by atoms with Gasteiger partial charge in [0, 0.05) is 44.4 Å². The Kier molecular flexibility index (Phi) is 6.87. The minimum absolute atomic E-state index is 0.263. The van der Waals surface area contributed by atoms with Crippen LogP contribution >= 0.6 is 11.3 Å². The van der Waals surface area contributed by atoms with Gasteiger partial charge in [0.15, 0.2) is 5.82 Å². The highest BCUT2D eigenvalue weighted by atomic mass is 32.1. The second-order valence-electron chi connectivity index (χ2n) is 8.79. The molecule has 2 aromatic heterocycles. The first-order chi connectivity index (χ1) is 16.5. The molecule has 34 heavy (non-hydrogen) atoms. The molecule has 1 unspecified atom stereocenters. The predicted octanol–water partition coefficient (Wildman–Crippen LogP) is 3.52. The minimum atomic E-state index is -0.548. The SMILES string of the molecule is Cc1ccc(-c2nc(CN3CCN(CC(O)COc4ccc5sc(C)nc5c4)CC3)no2)cc1. The Balaban J connectivity index is 1.05. The Morgan fingerprint density at radius 1 is 1.03 bits per heavy atom. The molecule has 4 aromatic rings. The van der Waals surface area contributed by atoms with Crippen molar-refractivity contribution in [2.45, 2.75) is 26.5 Å². The number of β-amino-alcohol motifs (C(OH)–C–C–N with tert-alkyl or cyclic N) is 1. The Hall–Kier alpha value is -2.85. The summed E-state index contributed by atoms with van der Waals surface area (Å²) in [6.07, 6.45) is -0.548. The van der Waals surface area contributed by atoms with Crippen LogP contribution in [0.25, 0.3) is 21.7 Å². The van der Waals surface area contributed by atoms with Gasteiger partial charge in [0.2, 0.25) is 0 Å². The van der Waals surface area contributed by atoms with E-state index in [-0.39, 0.29) is 6.61 Å². The smallest absolute Gasteiger partial charge is 0.257 e. The van der Waals surface area contributed by atoms with Gasteiger partial charge in [-0.2, -0.15) is 4.98 Å². The van der Waals surface area contributed by atoms with E-state index in [1.54, 1.807) is 11.3 Å². The van der Waals surface area contributed by atoms with Gasteiger partial charge in [-0.3, -0.25) is 9.80 Å². The first-order valence-corrected chi connectivity index (χ1v) is 12.4. The van der Waals surface area contributed by atoms with E-state index in [2.05, 4.69) is 31.8 Å². The van der Waals surface area contributed by atoms with E-state index in [0.717, 1.165) is 52.7 Å². The zero-order chi connectivity index (χ0) is 23.5. The Morgan fingerprint density at radius 2 is 1.79 bits per heavy atom. The van der Waals surface area contributed by atoms with Crippen LogP contribution < -0.4 is 4.74 Å². The van der Waals surface area contributed by atoms with Gasteiger partial charge in [0.1, 0.15) is 18.5 Å². The Bertz CT molecular complexity index is 1230. The van der Waals surface area contributed by atoms with Crippen LogP contribution in [0.15, 0.2) is 47.0 Å². The van der Waals surface area contributed by atoms with Crippen molar-refractivity contribution < 1.29 is 14.4 Å². The third-order valence-corrected chi connectivity index (χ3v) is 6.93. The summed E-state index contributed by atoms with van der Waals surface area (Å²) in [5, 5.41) is 15.7. The van der Waals surface area contributed by atoms with Crippen molar-refractivity contribution in [2.24, 2.45) is 0 Å². The number of aliphatic hydroxyl groups is 1. The fourth-order valence-corrected chi connectivity index (χ4v) is 4.92. The topological polar surface area (TPSA) is 87.8 Å². The highest BCUT2D eigenvalue weighted by molar-refractivity contribution is 7.18. The lowest BCUT2D eigenvalue weighted by Crippen LogP contribution is -2.48. The number of hydrogen-bond acceptors (Lipinski definition) is 9. The van der Waals surface area contributed by atoms with Gasteiger partial charge >= 0.3 is 0 Å². The standard InChI is InChI=1S/C25H29N5O3S/c1-17-3-5-19(6-4-17)25-27-24(28-33-25)15-30-11-9-29(10-12-30)14-20(31)16-32-21-7-8-23-22(13-21)26-18(2)34-23/h3-8,13,20,31H,9-12,14-16H2,1-2H3. The number of aryl methyl sites for hydroxylation is 2. The molecule has 9 heteroatoms. The number of benzene rings is 2. The summed E-state index contributed by atoms with van der Waals surface area (Å²) < 4.78 is 12.4. The average molecular weight is 480 g/mol. The second kappa shape index (κ2) is 10.2. The molecule has 1 aliphatic heterocycles. The Morgan fingerprint density at radius 3 is 2.59 bits per heavy atom. The van der Waals surface area contributed by atoms with E-state index in [1.807, 2.05) is 49.4 Å². The maximum Gasteiger partial charge on any atom is 0.257 e. The van der Waals surface area contributed by atoms with Crippen LogP contribution in [-0.4, -0.2) is 75.5 Å². The van der Waals surface area contributed by atoms with Crippen molar-refractivity contribution in [3.63, 3.8) is 0 Å². The van der Waals surface area contributed by atoms with Crippen molar-refractivity contribution >= 4 is 21.6 Å². The lowest BCUT2D eigenvalue weighted by Gasteiger charge is -2.34. The maximum absolute atomic E-state index is 10.5. The molecular formula is C25H29N5O3S. The molecule has 0 saturated carbocycles. The van der Waals surface area contributed by atoms with Gasteiger partial charge in [-0.05, 0) is 38.1 Å². The lowest BCUT2D eigenvalue weighted by molar-refractivity contribution is 0.0440. The number of rotatable bonds is 8. The first kappa shape index (κ1) is 22.9. The van der Waals surface area contributed by atoms with Gasteiger partial charge in [0.05, 0.1) is 21.8 Å². The molecule has 5 rings (SSSR count). The number of ether oxygens (including phenoxy) is 1. The molecule has 0 amide bonds. The number of hydrogen-bond donors (Lipinski definition) is 1. The molecule has 0 aliphatic carbocycles. The molecule has 0 spiro atoms. The zero-order valence-corrected chi connectivity index (χ0v) is 20.3. The molecule has 0 bridgehead atoms. The fraction of sp³-hybridized carbons (Fsp3) is 0.400. The summed E-state index contributed by atoms with van der Waals surface area (Å²) in [4.78, 5) is 13.6. The summed E-state index contributed by atoms with van der Waals surface area (Å²) >= 11 is 1.67. The summed E-state index contributed by atoms with van der Waals surface area (Å²) in [5.41, 5.74) is 3.08. The monoisotopic (exact) mass is 479 g/mol. The maximum atomic E-state index is 10.5. The molecule has 0 radical (unpaired) electrons. The van der Waals surface area contributed by atoms with E-state index in [4.69, 9.17) is 9.26 Å². The van der Waals surface area contributed by atoms with Crippen LogP contribution in [0.2, 0.25) is 0 Å². The molecule has 8 nitrogen and oxygen atoms in total. The van der Waals surface area contributed by atoms with E-state index in [9.17, 15) is 5.11 Å². The van der Waals surface area contributed by atoms with Crippen LogP contribution in [0.5, 0.6) is 5.75 Å². The second-order valence-corrected chi connectivity index (χ2v) is 10.0. The van der Waals surface area contributed by atoms with Gasteiger partial charge in [-0.25, -0.2) is 4.98 Å². The highest BCUT2D eigenvalue weighted by Crippen LogP contribution is 2.25. The van der Waals surface area contributed by atoms with Crippen LogP contribution in [-0.2, 0) is 6.54 Å². The van der Waals surface area contributed by atoms with Gasteiger partial charge < -0.3 is 14.4 Å². The Labute approximate surface area is 202 Å². The van der Waals surface area contributed by atoms with E-state index >= 15 is 0 Å². The minimum Gasteiger partial charge on any atom is -0.491 e. The van der Waals surface area contributed by atoms with E-state index < -0.39 is 6.10 Å². The first-order valence-electron chi connectivity index (χ1n) is 11.5. The third-order valence-electron chi connectivity index (χ3n) is 5.97. The average Bonchev–Trinajstić information content (AvgIpc) is 3.44. The highest BCUT2D eigenvalue weighted by Gasteiger charge is 2.21. The molecule has 3 heterocycles. The van der Waals surface area contributed by atoms with Crippen molar-refractivity contribution in [1.82, 2.24) is 24.9 Å². The van der Waals surface area contributed by atoms with E-state index in [0.29, 0.717) is 24.8 Å². The molecule has 1 saturated heterocycles. The van der Waals surface area contributed by atoms with Crippen molar-refractivity contribution in [3.05, 3.63) is 58.9 Å². The molecule has 1 fully saturated rings. The van der Waals surface area contributed by atoms with Crippen molar-refractivity contribution in [3.8, 4) is 17.2 Å². The van der Waals surface area contributed by atoms with Crippen molar-refractivity contribution in [2.75, 3.05) is 39.3 Å². The number of aliphatic hydroxyl groups excluding tert-OH is 1. The zero-order valence-electron chi connectivity index (χ0n) is 19.5. The van der Waals surface area contributed by atoms with Gasteiger partial charge in [-0.1, -0.05) is 22.9 Å². The van der Waals surface area contributed by atoms with Crippen LogP contribution in [0.1, 0.15) is 16.4 Å². The summed E-state index contributed by atoms with van der Waals surface area (Å²) in [6.45, 7) is 9.10. The molecule has 1 aliphatic rings. The van der Waals surface area contributed by atoms with Crippen LogP contribution in [0.4, 0.5) is 0 Å². The summed E-state index contributed by atoms with van der Waals surface area (Å²) in [7, 11) is 0.